The van der Waals surface area contributed by atoms with Crippen molar-refractivity contribution in [3.05, 3.63) is 59.9 Å². The Morgan fingerprint density at radius 1 is 1.04 bits per heavy atom. The summed E-state index contributed by atoms with van der Waals surface area (Å²) < 4.78 is 41.0. The zero-order chi connectivity index (χ0) is 19.7. The summed E-state index contributed by atoms with van der Waals surface area (Å²) in [6, 6.07) is 12.9. The molecule has 0 radical (unpaired) electrons. The fraction of sp³-hybridized carbons (Fsp3) is 0.381. The largest absolute Gasteiger partial charge is 0.326 e. The molecule has 1 saturated carbocycles. The zero-order valence-corrected chi connectivity index (χ0v) is 16.3. The van der Waals surface area contributed by atoms with Crippen molar-refractivity contribution in [3.63, 3.8) is 0 Å². The Morgan fingerprint density at radius 3 is 2.54 bits per heavy atom. The number of anilines is 1. The number of rotatable bonds is 5. The van der Waals surface area contributed by atoms with Crippen LogP contribution in [-0.2, 0) is 14.8 Å². The van der Waals surface area contributed by atoms with Gasteiger partial charge < -0.3 is 5.32 Å². The third kappa shape index (κ3) is 3.82. The van der Waals surface area contributed by atoms with Crippen LogP contribution < -0.4 is 5.32 Å². The fourth-order valence-electron chi connectivity index (χ4n) is 3.83. The zero-order valence-electron chi connectivity index (χ0n) is 15.5. The molecular formula is C21H23FN2O3S. The molecule has 1 N–H and O–H groups in total. The van der Waals surface area contributed by atoms with Crippen LogP contribution in [0.3, 0.4) is 0 Å². The maximum absolute atomic E-state index is 13.9. The predicted molar refractivity (Wildman–Crippen MR) is 105 cm³/mol. The predicted octanol–water partition coefficient (Wildman–Crippen LogP) is 3.74. The van der Waals surface area contributed by atoms with Gasteiger partial charge in [0.05, 0.1) is 4.90 Å². The molecular weight excluding hydrogens is 379 g/mol. The Bertz CT molecular complexity index is 987. The van der Waals surface area contributed by atoms with Crippen LogP contribution in [0.1, 0.15) is 37.2 Å². The van der Waals surface area contributed by atoms with Gasteiger partial charge in [-0.1, -0.05) is 30.7 Å². The van der Waals surface area contributed by atoms with Crippen molar-refractivity contribution in [2.75, 3.05) is 18.4 Å². The summed E-state index contributed by atoms with van der Waals surface area (Å²) in [5, 5.41) is 2.79. The molecule has 2 aromatic rings. The number of carbonyl (C=O) groups excluding carboxylic acids is 1. The number of hydrogen-bond acceptors (Lipinski definition) is 3. The molecule has 148 valence electrons. The lowest BCUT2D eigenvalue weighted by Crippen LogP contribution is -2.35. The maximum atomic E-state index is 13.9. The summed E-state index contributed by atoms with van der Waals surface area (Å²) in [4.78, 5) is 12.7. The van der Waals surface area contributed by atoms with E-state index in [1.54, 1.807) is 36.4 Å². The third-order valence-corrected chi connectivity index (χ3v) is 7.38. The Kier molecular flexibility index (Phi) is 5.21. The second-order valence-corrected chi connectivity index (χ2v) is 9.39. The molecule has 5 nitrogen and oxygen atoms in total. The molecule has 2 fully saturated rings. The van der Waals surface area contributed by atoms with E-state index in [1.165, 1.54) is 16.4 Å². The van der Waals surface area contributed by atoms with Crippen molar-refractivity contribution >= 4 is 21.6 Å². The van der Waals surface area contributed by atoms with Crippen LogP contribution in [0.5, 0.6) is 0 Å². The van der Waals surface area contributed by atoms with E-state index in [0.717, 1.165) is 19.3 Å². The number of sulfonamides is 1. The van der Waals surface area contributed by atoms with Crippen LogP contribution in [0, 0.1) is 11.7 Å². The smallest absolute Gasteiger partial charge is 0.243 e. The highest BCUT2D eigenvalue weighted by Crippen LogP contribution is 2.48. The first-order valence-electron chi connectivity index (χ1n) is 9.62. The van der Waals surface area contributed by atoms with Crippen LogP contribution in [0.2, 0.25) is 0 Å². The van der Waals surface area contributed by atoms with Gasteiger partial charge in [0.15, 0.2) is 0 Å². The Morgan fingerprint density at radius 2 is 1.79 bits per heavy atom. The van der Waals surface area contributed by atoms with Gasteiger partial charge in [0.25, 0.3) is 0 Å². The standard InChI is InChI=1S/C21H23FN2O3S/c22-20-10-3-2-9-17(20)18-14-19(18)21(25)23-15-7-6-8-16(13-15)28(26,27)24-11-4-1-5-12-24/h2-3,6-10,13,18-19H,1,4-5,11-12,14H2,(H,23,25). The molecule has 0 aromatic heterocycles. The van der Waals surface area contributed by atoms with Gasteiger partial charge in [-0.05, 0) is 55.0 Å². The minimum Gasteiger partial charge on any atom is -0.326 e. The highest BCUT2D eigenvalue weighted by Gasteiger charge is 2.45. The van der Waals surface area contributed by atoms with E-state index in [9.17, 15) is 17.6 Å². The van der Waals surface area contributed by atoms with Gasteiger partial charge >= 0.3 is 0 Å². The summed E-state index contributed by atoms with van der Waals surface area (Å²) in [7, 11) is -3.55. The highest BCUT2D eigenvalue weighted by molar-refractivity contribution is 7.89. The van der Waals surface area contributed by atoms with Gasteiger partial charge in [-0.25, -0.2) is 12.8 Å². The summed E-state index contributed by atoms with van der Waals surface area (Å²) >= 11 is 0. The van der Waals surface area contributed by atoms with Crippen LogP contribution in [0.4, 0.5) is 10.1 Å². The molecule has 2 aliphatic rings. The lowest BCUT2D eigenvalue weighted by atomic mass is 10.1. The van der Waals surface area contributed by atoms with Crippen molar-refractivity contribution in [1.29, 1.82) is 0 Å². The maximum Gasteiger partial charge on any atom is 0.243 e. The molecule has 1 aliphatic heterocycles. The van der Waals surface area contributed by atoms with Crippen LogP contribution >= 0.6 is 0 Å². The number of halogens is 1. The number of benzene rings is 2. The molecule has 2 aromatic carbocycles. The van der Waals surface area contributed by atoms with Crippen molar-refractivity contribution in [1.82, 2.24) is 4.31 Å². The Labute approximate surface area is 164 Å². The number of piperidine rings is 1. The highest BCUT2D eigenvalue weighted by atomic mass is 32.2. The number of hydrogen-bond donors (Lipinski definition) is 1. The topological polar surface area (TPSA) is 66.5 Å². The average Bonchev–Trinajstić information content (AvgIpc) is 3.50. The molecule has 7 heteroatoms. The van der Waals surface area contributed by atoms with Crippen LogP contribution in [0.25, 0.3) is 0 Å². The van der Waals surface area contributed by atoms with Crippen molar-refractivity contribution in [2.45, 2.75) is 36.5 Å². The molecule has 2 unspecified atom stereocenters. The molecule has 1 saturated heterocycles. The Balaban J connectivity index is 1.45. The monoisotopic (exact) mass is 402 g/mol. The molecule has 0 spiro atoms. The first kappa shape index (κ1) is 19.1. The third-order valence-electron chi connectivity index (χ3n) is 5.49. The molecule has 1 heterocycles. The van der Waals surface area contributed by atoms with Gasteiger partial charge in [-0.3, -0.25) is 4.79 Å². The summed E-state index contributed by atoms with van der Waals surface area (Å²) in [6.07, 6.45) is 3.38. The van der Waals surface area contributed by atoms with Gasteiger partial charge in [0.1, 0.15) is 5.82 Å². The number of nitrogens with one attached hydrogen (secondary N) is 1. The molecule has 1 aliphatic carbocycles. The minimum atomic E-state index is -3.55. The molecule has 1 amide bonds. The minimum absolute atomic E-state index is 0.124. The van der Waals surface area contributed by atoms with Crippen LogP contribution in [-0.4, -0.2) is 31.7 Å². The SMILES string of the molecule is O=C(Nc1cccc(S(=O)(=O)N2CCCCC2)c1)C1CC1c1ccccc1F. The van der Waals surface area contributed by atoms with E-state index in [4.69, 9.17) is 0 Å². The lowest BCUT2D eigenvalue weighted by molar-refractivity contribution is -0.117. The number of amides is 1. The Hall–Kier alpha value is -2.25. The normalized spacial score (nSPS) is 22.6. The van der Waals surface area contributed by atoms with Gasteiger partial charge in [-0.15, -0.1) is 0 Å². The fourth-order valence-corrected chi connectivity index (χ4v) is 5.39. The second kappa shape index (κ2) is 7.64. The van der Waals surface area contributed by atoms with Crippen molar-refractivity contribution in [3.8, 4) is 0 Å². The summed E-state index contributed by atoms with van der Waals surface area (Å²) in [5.74, 6) is -0.918. The van der Waals surface area contributed by atoms with E-state index in [2.05, 4.69) is 5.32 Å². The van der Waals surface area contributed by atoms with E-state index in [1.807, 2.05) is 0 Å². The van der Waals surface area contributed by atoms with Crippen molar-refractivity contribution in [2.24, 2.45) is 5.92 Å². The molecule has 0 bridgehead atoms. The lowest BCUT2D eigenvalue weighted by Gasteiger charge is -2.26. The summed E-state index contributed by atoms with van der Waals surface area (Å²) in [6.45, 7) is 1.07. The van der Waals surface area contributed by atoms with E-state index in [0.29, 0.717) is 30.8 Å². The number of carbonyl (C=O) groups is 1. The van der Waals surface area contributed by atoms with E-state index in [-0.39, 0.29) is 28.5 Å². The average molecular weight is 402 g/mol. The van der Waals surface area contributed by atoms with Crippen LogP contribution in [0.15, 0.2) is 53.4 Å². The van der Waals surface area contributed by atoms with Crippen molar-refractivity contribution < 1.29 is 17.6 Å². The van der Waals surface area contributed by atoms with Gasteiger partial charge in [0.2, 0.25) is 15.9 Å². The van der Waals surface area contributed by atoms with E-state index >= 15 is 0 Å². The molecule has 28 heavy (non-hydrogen) atoms. The van der Waals surface area contributed by atoms with E-state index < -0.39 is 10.0 Å². The number of nitrogens with zero attached hydrogens (tertiary/aromatic N) is 1. The first-order chi connectivity index (χ1) is 13.5. The first-order valence-corrected chi connectivity index (χ1v) is 11.1. The quantitative estimate of drug-likeness (QED) is 0.828. The van der Waals surface area contributed by atoms with Gasteiger partial charge in [-0.2, -0.15) is 4.31 Å². The molecule has 2 atom stereocenters. The summed E-state index contributed by atoms with van der Waals surface area (Å²) in [5.41, 5.74) is 1.01. The molecule has 4 rings (SSSR count). The van der Waals surface area contributed by atoms with Gasteiger partial charge in [0, 0.05) is 24.7 Å². The second-order valence-electron chi connectivity index (χ2n) is 7.45.